The molecule has 0 aliphatic rings. The predicted molar refractivity (Wildman–Crippen MR) is 95.9 cm³/mol. The van der Waals surface area contributed by atoms with Gasteiger partial charge in [-0.2, -0.15) is 0 Å². The molecule has 1 aromatic carbocycles. The van der Waals surface area contributed by atoms with Gasteiger partial charge in [0.2, 0.25) is 0 Å². The van der Waals surface area contributed by atoms with E-state index >= 15 is 0 Å². The van der Waals surface area contributed by atoms with Gasteiger partial charge in [0.25, 0.3) is 5.91 Å². The Morgan fingerprint density at radius 2 is 1.96 bits per heavy atom. The Morgan fingerprint density at radius 1 is 1.12 bits per heavy atom. The van der Waals surface area contributed by atoms with Gasteiger partial charge >= 0.3 is 0 Å². The first kappa shape index (κ1) is 18.5. The van der Waals surface area contributed by atoms with Gasteiger partial charge < -0.3 is 24.8 Å². The molecule has 2 rings (SSSR count). The number of methoxy groups -OCH3 is 3. The molecular weight excluding hydrogens is 322 g/mol. The molecule has 0 aliphatic carbocycles. The van der Waals surface area contributed by atoms with Crippen LogP contribution in [0.3, 0.4) is 0 Å². The van der Waals surface area contributed by atoms with Gasteiger partial charge in [-0.15, -0.1) is 0 Å². The first-order valence-electron chi connectivity index (χ1n) is 7.90. The highest BCUT2D eigenvalue weighted by atomic mass is 16.5. The summed E-state index contributed by atoms with van der Waals surface area (Å²) in [4.78, 5) is 16.3. The van der Waals surface area contributed by atoms with Gasteiger partial charge in [0.05, 0.1) is 25.5 Å². The molecule has 0 aliphatic heterocycles. The number of carbonyl (C=O) groups excluding carboxylic acids is 1. The number of pyridine rings is 1. The highest BCUT2D eigenvalue weighted by Crippen LogP contribution is 2.30. The fourth-order valence-corrected chi connectivity index (χ4v) is 2.17. The maximum atomic E-state index is 12.0. The zero-order valence-corrected chi connectivity index (χ0v) is 14.7. The minimum atomic E-state index is -0.158. The molecule has 0 saturated carbocycles. The second-order valence-electron chi connectivity index (χ2n) is 5.23. The van der Waals surface area contributed by atoms with Gasteiger partial charge in [-0.05, 0) is 30.7 Å². The van der Waals surface area contributed by atoms with Gasteiger partial charge in [0, 0.05) is 32.5 Å². The standard InChI is InChI=1S/C18H23N3O4/c1-23-10-4-9-19-18(22)13-5-8-17(20-12-13)21-15-11-14(24-2)6-7-16(15)25-3/h5-8,11-12H,4,9-10H2,1-3H3,(H,19,22)(H,20,21). The van der Waals surface area contributed by atoms with E-state index in [2.05, 4.69) is 15.6 Å². The molecule has 2 N–H and O–H groups in total. The normalized spacial score (nSPS) is 10.2. The third-order valence-corrected chi connectivity index (χ3v) is 3.51. The lowest BCUT2D eigenvalue weighted by Gasteiger charge is -2.12. The van der Waals surface area contributed by atoms with Crippen LogP contribution in [0.15, 0.2) is 36.5 Å². The maximum absolute atomic E-state index is 12.0. The number of ether oxygens (including phenoxy) is 3. The highest BCUT2D eigenvalue weighted by molar-refractivity contribution is 5.94. The van der Waals surface area contributed by atoms with E-state index in [-0.39, 0.29) is 5.91 Å². The van der Waals surface area contributed by atoms with Crippen LogP contribution in [-0.4, -0.2) is 45.4 Å². The molecule has 2 aromatic rings. The molecule has 1 amide bonds. The summed E-state index contributed by atoms with van der Waals surface area (Å²) in [6.07, 6.45) is 2.30. The van der Waals surface area contributed by atoms with Crippen molar-refractivity contribution >= 4 is 17.4 Å². The smallest absolute Gasteiger partial charge is 0.252 e. The van der Waals surface area contributed by atoms with E-state index in [0.29, 0.717) is 36.0 Å². The van der Waals surface area contributed by atoms with Crippen molar-refractivity contribution < 1.29 is 19.0 Å². The molecule has 134 valence electrons. The predicted octanol–water partition coefficient (Wildman–Crippen LogP) is 2.61. The molecule has 0 spiro atoms. The van der Waals surface area contributed by atoms with Gasteiger partial charge in [-0.1, -0.05) is 0 Å². The Balaban J connectivity index is 2.02. The molecule has 1 aromatic heterocycles. The van der Waals surface area contributed by atoms with Crippen molar-refractivity contribution in [2.75, 3.05) is 39.8 Å². The zero-order valence-electron chi connectivity index (χ0n) is 14.7. The minimum absolute atomic E-state index is 0.158. The van der Waals surface area contributed by atoms with E-state index in [1.807, 2.05) is 18.2 Å². The van der Waals surface area contributed by atoms with E-state index in [9.17, 15) is 4.79 Å². The molecule has 0 saturated heterocycles. The highest BCUT2D eigenvalue weighted by Gasteiger charge is 2.08. The molecule has 25 heavy (non-hydrogen) atoms. The fourth-order valence-electron chi connectivity index (χ4n) is 2.17. The van der Waals surface area contributed by atoms with Crippen LogP contribution >= 0.6 is 0 Å². The van der Waals surface area contributed by atoms with Crippen molar-refractivity contribution in [1.82, 2.24) is 10.3 Å². The first-order chi connectivity index (χ1) is 12.2. The summed E-state index contributed by atoms with van der Waals surface area (Å²) in [5, 5.41) is 5.98. The number of aromatic nitrogens is 1. The fraction of sp³-hybridized carbons (Fsp3) is 0.333. The largest absolute Gasteiger partial charge is 0.497 e. The number of nitrogens with zero attached hydrogens (tertiary/aromatic N) is 1. The van der Waals surface area contributed by atoms with Crippen LogP contribution in [-0.2, 0) is 4.74 Å². The molecule has 7 nitrogen and oxygen atoms in total. The van der Waals surface area contributed by atoms with E-state index in [4.69, 9.17) is 14.2 Å². The van der Waals surface area contributed by atoms with Crippen LogP contribution in [0.1, 0.15) is 16.8 Å². The molecule has 1 heterocycles. The van der Waals surface area contributed by atoms with Gasteiger partial charge in [0.15, 0.2) is 0 Å². The van der Waals surface area contributed by atoms with Crippen LogP contribution in [0.5, 0.6) is 11.5 Å². The number of benzene rings is 1. The van der Waals surface area contributed by atoms with Crippen molar-refractivity contribution in [2.45, 2.75) is 6.42 Å². The summed E-state index contributed by atoms with van der Waals surface area (Å²) < 4.78 is 15.5. The van der Waals surface area contributed by atoms with Crippen LogP contribution in [0, 0.1) is 0 Å². The summed E-state index contributed by atoms with van der Waals surface area (Å²) in [5.41, 5.74) is 1.23. The minimum Gasteiger partial charge on any atom is -0.497 e. The van der Waals surface area contributed by atoms with Crippen molar-refractivity contribution in [3.05, 3.63) is 42.1 Å². The summed E-state index contributed by atoms with van der Waals surface area (Å²) in [5.74, 6) is 1.81. The third kappa shape index (κ3) is 5.36. The molecule has 0 atom stereocenters. The van der Waals surface area contributed by atoms with Crippen LogP contribution in [0.2, 0.25) is 0 Å². The molecular formula is C18H23N3O4. The molecule has 0 bridgehead atoms. The lowest BCUT2D eigenvalue weighted by molar-refractivity contribution is 0.0948. The van der Waals surface area contributed by atoms with Gasteiger partial charge in [-0.25, -0.2) is 4.98 Å². The van der Waals surface area contributed by atoms with Gasteiger partial charge in [0.1, 0.15) is 17.3 Å². The average molecular weight is 345 g/mol. The lowest BCUT2D eigenvalue weighted by atomic mass is 10.2. The van der Waals surface area contributed by atoms with Crippen molar-refractivity contribution in [2.24, 2.45) is 0 Å². The van der Waals surface area contributed by atoms with Crippen LogP contribution in [0.4, 0.5) is 11.5 Å². The average Bonchev–Trinajstić information content (AvgIpc) is 2.65. The summed E-state index contributed by atoms with van der Waals surface area (Å²) in [6, 6.07) is 8.89. The van der Waals surface area contributed by atoms with Gasteiger partial charge in [-0.3, -0.25) is 4.79 Å². The van der Waals surface area contributed by atoms with Crippen LogP contribution < -0.4 is 20.1 Å². The Morgan fingerprint density at radius 3 is 2.60 bits per heavy atom. The molecule has 0 fully saturated rings. The lowest BCUT2D eigenvalue weighted by Crippen LogP contribution is -2.25. The number of nitrogens with one attached hydrogen (secondary N) is 2. The van der Waals surface area contributed by atoms with E-state index in [1.54, 1.807) is 33.5 Å². The number of hydrogen-bond donors (Lipinski definition) is 2. The summed E-state index contributed by atoms with van der Waals surface area (Å²) >= 11 is 0. The van der Waals surface area contributed by atoms with Crippen molar-refractivity contribution in [1.29, 1.82) is 0 Å². The number of anilines is 2. The zero-order chi connectivity index (χ0) is 18.1. The molecule has 0 radical (unpaired) electrons. The quantitative estimate of drug-likeness (QED) is 0.680. The second kappa shape index (κ2) is 9.48. The SMILES string of the molecule is COCCCNC(=O)c1ccc(Nc2cc(OC)ccc2OC)nc1. The third-order valence-electron chi connectivity index (χ3n) is 3.51. The maximum Gasteiger partial charge on any atom is 0.252 e. The van der Waals surface area contributed by atoms with Crippen LogP contribution in [0.25, 0.3) is 0 Å². The Hall–Kier alpha value is -2.80. The number of hydrogen-bond acceptors (Lipinski definition) is 6. The molecule has 7 heteroatoms. The Bertz CT molecular complexity index is 689. The Kier molecular flexibility index (Phi) is 7.03. The van der Waals surface area contributed by atoms with Crippen molar-refractivity contribution in [3.63, 3.8) is 0 Å². The topological polar surface area (TPSA) is 81.7 Å². The van der Waals surface area contributed by atoms with E-state index in [0.717, 1.165) is 12.1 Å². The summed E-state index contributed by atoms with van der Waals surface area (Å²) in [7, 11) is 4.83. The number of rotatable bonds is 9. The Labute approximate surface area is 147 Å². The van der Waals surface area contributed by atoms with E-state index in [1.165, 1.54) is 6.20 Å². The monoisotopic (exact) mass is 345 g/mol. The summed E-state index contributed by atoms with van der Waals surface area (Å²) in [6.45, 7) is 1.18. The molecule has 0 unspecified atom stereocenters. The van der Waals surface area contributed by atoms with E-state index < -0.39 is 0 Å². The second-order valence-corrected chi connectivity index (χ2v) is 5.23. The first-order valence-corrected chi connectivity index (χ1v) is 7.90. The number of carbonyl (C=O) groups is 1. The van der Waals surface area contributed by atoms with Crippen molar-refractivity contribution in [3.8, 4) is 11.5 Å². The number of amides is 1.